The third kappa shape index (κ3) is 1.54. The Morgan fingerprint density at radius 2 is 2.00 bits per heavy atom. The number of hydrogen-bond acceptors (Lipinski definition) is 1. The van der Waals surface area contributed by atoms with E-state index in [2.05, 4.69) is 0 Å². The van der Waals surface area contributed by atoms with Crippen molar-refractivity contribution in [3.63, 3.8) is 0 Å². The molecular weight excluding hydrogens is 178 g/mol. The Labute approximate surface area is 75.9 Å². The molecule has 0 radical (unpaired) electrons. The minimum Gasteiger partial charge on any atom is -0.481 e. The monoisotopic (exact) mass is 192 g/mol. The van der Waals surface area contributed by atoms with Crippen molar-refractivity contribution < 1.29 is 18.7 Å². The Hall–Kier alpha value is -0.670. The average Bonchev–Trinajstić information content (AvgIpc) is 1.80. The van der Waals surface area contributed by atoms with Crippen molar-refractivity contribution in [1.82, 2.24) is 0 Å². The Bertz CT molecular complexity index is 230. The van der Waals surface area contributed by atoms with E-state index < -0.39 is 29.1 Å². The molecule has 0 bridgehead atoms. The minimum absolute atomic E-state index is 0.0891. The Balaban J connectivity index is 2.76. The lowest BCUT2D eigenvalue weighted by Crippen LogP contribution is -2.55. The maximum atomic E-state index is 12.9. The molecule has 1 saturated carbocycles. The number of halogens is 2. The van der Waals surface area contributed by atoms with Crippen LogP contribution in [0, 0.1) is 17.3 Å². The maximum Gasteiger partial charge on any atom is 0.307 e. The van der Waals surface area contributed by atoms with Gasteiger partial charge in [-0.25, -0.2) is 8.78 Å². The molecule has 1 aliphatic carbocycles. The number of carbonyl (C=O) groups is 1. The third-order valence-corrected chi connectivity index (χ3v) is 3.18. The highest BCUT2D eigenvalue weighted by molar-refractivity contribution is 5.72. The summed E-state index contributed by atoms with van der Waals surface area (Å²) in [7, 11) is 0. The lowest BCUT2D eigenvalue weighted by Gasteiger charge is -2.52. The van der Waals surface area contributed by atoms with Crippen LogP contribution in [0.2, 0.25) is 0 Å². The molecule has 0 unspecified atom stereocenters. The SMILES string of the molecule is CC(F)(F)[C@@H]1C[C@H](C(=O)O)C1(C)C. The van der Waals surface area contributed by atoms with E-state index in [0.29, 0.717) is 0 Å². The molecular formula is C9H14F2O2. The summed E-state index contributed by atoms with van der Waals surface area (Å²) in [6.45, 7) is 4.05. The number of rotatable bonds is 2. The zero-order valence-corrected chi connectivity index (χ0v) is 7.97. The Morgan fingerprint density at radius 3 is 2.23 bits per heavy atom. The van der Waals surface area contributed by atoms with Gasteiger partial charge in [-0.3, -0.25) is 4.79 Å². The van der Waals surface area contributed by atoms with E-state index in [1.54, 1.807) is 13.8 Å². The van der Waals surface area contributed by atoms with Crippen LogP contribution in [0.4, 0.5) is 8.78 Å². The van der Waals surface area contributed by atoms with Crippen molar-refractivity contribution in [3.8, 4) is 0 Å². The van der Waals surface area contributed by atoms with Crippen molar-refractivity contribution in [2.45, 2.75) is 33.1 Å². The molecule has 0 aromatic rings. The Morgan fingerprint density at radius 1 is 1.54 bits per heavy atom. The normalized spacial score (nSPS) is 32.4. The van der Waals surface area contributed by atoms with Crippen LogP contribution in [0.3, 0.4) is 0 Å². The molecule has 1 fully saturated rings. The fourth-order valence-corrected chi connectivity index (χ4v) is 2.20. The molecule has 0 aromatic carbocycles. The number of hydrogen-bond donors (Lipinski definition) is 1. The van der Waals surface area contributed by atoms with E-state index in [1.165, 1.54) is 0 Å². The molecule has 0 amide bonds. The van der Waals surface area contributed by atoms with Crippen LogP contribution < -0.4 is 0 Å². The smallest absolute Gasteiger partial charge is 0.307 e. The van der Waals surface area contributed by atoms with Crippen LogP contribution in [0.1, 0.15) is 27.2 Å². The first-order chi connectivity index (χ1) is 5.67. The van der Waals surface area contributed by atoms with Crippen LogP contribution in [-0.2, 0) is 4.79 Å². The van der Waals surface area contributed by atoms with E-state index in [1.807, 2.05) is 0 Å². The first-order valence-corrected chi connectivity index (χ1v) is 4.28. The van der Waals surface area contributed by atoms with E-state index in [9.17, 15) is 13.6 Å². The van der Waals surface area contributed by atoms with Crippen LogP contribution in [0.25, 0.3) is 0 Å². The lowest BCUT2D eigenvalue weighted by molar-refractivity contribution is -0.190. The standard InChI is InChI=1S/C9H14F2O2/c1-8(2)5(7(12)13)4-6(8)9(3,10)11/h5-6H,4H2,1-3H3,(H,12,13)/t5-,6-/m1/s1. The first-order valence-electron chi connectivity index (χ1n) is 4.28. The summed E-state index contributed by atoms with van der Waals surface area (Å²) in [6.07, 6.45) is 0.0891. The molecule has 0 aromatic heterocycles. The van der Waals surface area contributed by atoms with E-state index in [4.69, 9.17) is 5.11 Å². The summed E-state index contributed by atoms with van der Waals surface area (Å²) in [5.74, 6) is -5.16. The highest BCUT2D eigenvalue weighted by Crippen LogP contribution is 2.57. The Kier molecular flexibility index (Phi) is 2.13. The summed E-state index contributed by atoms with van der Waals surface area (Å²) in [4.78, 5) is 10.6. The molecule has 0 aliphatic heterocycles. The van der Waals surface area contributed by atoms with Gasteiger partial charge >= 0.3 is 5.97 Å². The predicted octanol–water partition coefficient (Wildman–Crippen LogP) is 2.39. The van der Waals surface area contributed by atoms with Gasteiger partial charge in [0.25, 0.3) is 0 Å². The van der Waals surface area contributed by atoms with Crippen molar-refractivity contribution >= 4 is 5.97 Å². The van der Waals surface area contributed by atoms with E-state index in [-0.39, 0.29) is 6.42 Å². The van der Waals surface area contributed by atoms with Crippen LogP contribution in [0.15, 0.2) is 0 Å². The van der Waals surface area contributed by atoms with Crippen LogP contribution in [0.5, 0.6) is 0 Å². The fraction of sp³-hybridized carbons (Fsp3) is 0.889. The van der Waals surface area contributed by atoms with Crippen LogP contribution in [-0.4, -0.2) is 17.0 Å². The van der Waals surface area contributed by atoms with Gasteiger partial charge in [0.05, 0.1) is 5.92 Å². The van der Waals surface area contributed by atoms with Gasteiger partial charge in [0.1, 0.15) is 0 Å². The summed E-state index contributed by atoms with van der Waals surface area (Å²) in [5, 5.41) is 8.71. The van der Waals surface area contributed by atoms with Gasteiger partial charge in [-0.1, -0.05) is 13.8 Å². The van der Waals surface area contributed by atoms with E-state index in [0.717, 1.165) is 6.92 Å². The molecule has 4 heteroatoms. The summed E-state index contributed by atoms with van der Waals surface area (Å²) in [5.41, 5.74) is -0.788. The highest BCUT2D eigenvalue weighted by Gasteiger charge is 2.59. The predicted molar refractivity (Wildman–Crippen MR) is 43.6 cm³/mol. The van der Waals surface area contributed by atoms with Gasteiger partial charge in [0.2, 0.25) is 5.92 Å². The van der Waals surface area contributed by atoms with Crippen molar-refractivity contribution in [2.75, 3.05) is 0 Å². The average molecular weight is 192 g/mol. The molecule has 0 heterocycles. The van der Waals surface area contributed by atoms with Crippen molar-refractivity contribution in [1.29, 1.82) is 0 Å². The minimum atomic E-state index is -2.77. The summed E-state index contributed by atoms with van der Waals surface area (Å²) < 4.78 is 25.8. The third-order valence-electron chi connectivity index (χ3n) is 3.18. The van der Waals surface area contributed by atoms with Gasteiger partial charge in [-0.05, 0) is 18.8 Å². The second kappa shape index (κ2) is 2.66. The quantitative estimate of drug-likeness (QED) is 0.729. The van der Waals surface area contributed by atoms with Gasteiger partial charge in [-0.15, -0.1) is 0 Å². The van der Waals surface area contributed by atoms with Gasteiger partial charge in [-0.2, -0.15) is 0 Å². The van der Waals surface area contributed by atoms with E-state index >= 15 is 0 Å². The van der Waals surface area contributed by atoms with Crippen molar-refractivity contribution in [2.24, 2.45) is 17.3 Å². The summed E-state index contributed by atoms with van der Waals surface area (Å²) >= 11 is 0. The number of carboxylic acids is 1. The first kappa shape index (κ1) is 10.4. The number of carboxylic acid groups (broad SMARTS) is 1. The second-order valence-electron chi connectivity index (χ2n) is 4.46. The molecule has 13 heavy (non-hydrogen) atoms. The zero-order chi connectivity index (χ0) is 10.4. The molecule has 1 rings (SSSR count). The molecule has 0 saturated heterocycles. The topological polar surface area (TPSA) is 37.3 Å². The second-order valence-corrected chi connectivity index (χ2v) is 4.46. The highest BCUT2D eigenvalue weighted by atomic mass is 19.3. The number of alkyl halides is 2. The molecule has 76 valence electrons. The van der Waals surface area contributed by atoms with Gasteiger partial charge in [0.15, 0.2) is 0 Å². The number of aliphatic carboxylic acids is 1. The molecule has 2 atom stereocenters. The molecule has 1 aliphatic rings. The van der Waals surface area contributed by atoms with Gasteiger partial charge < -0.3 is 5.11 Å². The van der Waals surface area contributed by atoms with Gasteiger partial charge in [0, 0.05) is 5.92 Å². The lowest BCUT2D eigenvalue weighted by atomic mass is 9.53. The van der Waals surface area contributed by atoms with Crippen LogP contribution >= 0.6 is 0 Å². The zero-order valence-electron chi connectivity index (χ0n) is 7.97. The van der Waals surface area contributed by atoms with Crippen molar-refractivity contribution in [3.05, 3.63) is 0 Å². The largest absolute Gasteiger partial charge is 0.481 e. The fourth-order valence-electron chi connectivity index (χ4n) is 2.20. The molecule has 0 spiro atoms. The molecule has 1 N–H and O–H groups in total. The maximum absolute atomic E-state index is 12.9. The molecule has 2 nitrogen and oxygen atoms in total. The summed E-state index contributed by atoms with van der Waals surface area (Å²) in [6, 6.07) is 0.